The molecule has 0 aromatic carbocycles. The van der Waals surface area contributed by atoms with Crippen molar-refractivity contribution < 1.29 is 4.92 Å². The molecule has 0 unspecified atom stereocenters. The predicted molar refractivity (Wildman–Crippen MR) is 75.7 cm³/mol. The number of nitro groups is 1. The molecule has 2 aromatic heterocycles. The topological polar surface area (TPSA) is 73.0 Å². The van der Waals surface area contributed by atoms with Gasteiger partial charge in [-0.15, -0.1) is 11.3 Å². The quantitative estimate of drug-likeness (QED) is 0.675. The molecule has 0 saturated carbocycles. The van der Waals surface area contributed by atoms with Crippen LogP contribution in [0.4, 0.5) is 11.6 Å². The number of nitrogens with zero attached hydrogens (tertiary/aromatic N) is 3. The molecule has 2 heterocycles. The average Bonchev–Trinajstić information content (AvgIpc) is 2.95. The SMILES string of the molecule is Cn1cnc([N+](=O)[O-])c1NCC(C)(C)c1cccs1. The largest absolute Gasteiger partial charge is 0.406 e. The van der Waals surface area contributed by atoms with E-state index in [2.05, 4.69) is 30.2 Å². The van der Waals surface area contributed by atoms with Crippen molar-refractivity contribution in [3.05, 3.63) is 38.8 Å². The van der Waals surface area contributed by atoms with E-state index >= 15 is 0 Å². The number of aromatic nitrogens is 2. The van der Waals surface area contributed by atoms with E-state index in [9.17, 15) is 10.1 Å². The number of imidazole rings is 1. The lowest BCUT2D eigenvalue weighted by atomic mass is 9.91. The number of thiophene rings is 1. The summed E-state index contributed by atoms with van der Waals surface area (Å²) in [6.07, 6.45) is 1.44. The molecule has 19 heavy (non-hydrogen) atoms. The molecule has 0 spiro atoms. The van der Waals surface area contributed by atoms with Gasteiger partial charge in [0, 0.05) is 23.9 Å². The fourth-order valence-electron chi connectivity index (χ4n) is 1.81. The summed E-state index contributed by atoms with van der Waals surface area (Å²) in [6.45, 7) is 4.82. The van der Waals surface area contributed by atoms with Gasteiger partial charge in [-0.25, -0.2) is 0 Å². The molecule has 0 aliphatic rings. The smallest absolute Gasteiger partial charge is 0.363 e. The van der Waals surface area contributed by atoms with Crippen LogP contribution in [-0.4, -0.2) is 21.0 Å². The van der Waals surface area contributed by atoms with Gasteiger partial charge in [0.25, 0.3) is 0 Å². The van der Waals surface area contributed by atoms with Crippen LogP contribution in [0.1, 0.15) is 18.7 Å². The lowest BCUT2D eigenvalue weighted by Gasteiger charge is -2.23. The molecule has 0 amide bonds. The van der Waals surface area contributed by atoms with Gasteiger partial charge in [0.15, 0.2) is 0 Å². The number of nitrogens with one attached hydrogen (secondary N) is 1. The Morgan fingerprint density at radius 2 is 2.32 bits per heavy atom. The molecule has 7 heteroatoms. The highest BCUT2D eigenvalue weighted by Crippen LogP contribution is 2.29. The van der Waals surface area contributed by atoms with E-state index in [-0.39, 0.29) is 11.2 Å². The Hall–Kier alpha value is -1.89. The third-order valence-electron chi connectivity index (χ3n) is 2.98. The first-order valence-electron chi connectivity index (χ1n) is 5.85. The van der Waals surface area contributed by atoms with Gasteiger partial charge in [0.2, 0.25) is 12.1 Å². The summed E-state index contributed by atoms with van der Waals surface area (Å²) in [7, 11) is 1.74. The third-order valence-corrected chi connectivity index (χ3v) is 4.21. The maximum Gasteiger partial charge on any atom is 0.406 e. The van der Waals surface area contributed by atoms with Gasteiger partial charge in [-0.2, -0.15) is 0 Å². The Balaban J connectivity index is 2.15. The van der Waals surface area contributed by atoms with Crippen LogP contribution in [0.3, 0.4) is 0 Å². The van der Waals surface area contributed by atoms with Crippen LogP contribution in [0.2, 0.25) is 0 Å². The average molecular weight is 280 g/mol. The van der Waals surface area contributed by atoms with E-state index in [1.165, 1.54) is 11.2 Å². The van der Waals surface area contributed by atoms with Crippen molar-refractivity contribution in [1.29, 1.82) is 0 Å². The minimum Gasteiger partial charge on any atom is -0.363 e. The lowest BCUT2D eigenvalue weighted by molar-refractivity contribution is -0.388. The van der Waals surface area contributed by atoms with E-state index in [0.717, 1.165) is 0 Å². The molecular weight excluding hydrogens is 264 g/mol. The summed E-state index contributed by atoms with van der Waals surface area (Å²) in [5.41, 5.74) is -0.0910. The number of aryl methyl sites for hydroxylation is 1. The van der Waals surface area contributed by atoms with E-state index < -0.39 is 4.92 Å². The second-order valence-corrected chi connectivity index (χ2v) is 5.95. The molecule has 2 rings (SSSR count). The monoisotopic (exact) mass is 280 g/mol. The number of hydrogen-bond donors (Lipinski definition) is 1. The second-order valence-electron chi connectivity index (χ2n) is 5.00. The molecule has 6 nitrogen and oxygen atoms in total. The van der Waals surface area contributed by atoms with E-state index in [1.54, 1.807) is 23.0 Å². The fourth-order valence-corrected chi connectivity index (χ4v) is 2.66. The third kappa shape index (κ3) is 2.76. The van der Waals surface area contributed by atoms with Crippen LogP contribution in [-0.2, 0) is 12.5 Å². The minimum absolute atomic E-state index is 0.0910. The normalized spacial score (nSPS) is 11.5. The molecule has 1 N–H and O–H groups in total. The zero-order chi connectivity index (χ0) is 14.0. The summed E-state index contributed by atoms with van der Waals surface area (Å²) in [6, 6.07) is 4.08. The van der Waals surface area contributed by atoms with Crippen LogP contribution in [0.5, 0.6) is 0 Å². The summed E-state index contributed by atoms with van der Waals surface area (Å²) in [5, 5.41) is 16.0. The van der Waals surface area contributed by atoms with Crippen LogP contribution < -0.4 is 5.32 Å². The van der Waals surface area contributed by atoms with Crippen LogP contribution in [0, 0.1) is 10.1 Å². The van der Waals surface area contributed by atoms with Crippen LogP contribution >= 0.6 is 11.3 Å². The Labute approximate surface area is 115 Å². The Bertz CT molecular complexity index is 575. The number of rotatable bonds is 5. The molecule has 0 atom stereocenters. The highest BCUT2D eigenvalue weighted by atomic mass is 32.1. The molecule has 0 fully saturated rings. The highest BCUT2D eigenvalue weighted by Gasteiger charge is 2.25. The highest BCUT2D eigenvalue weighted by molar-refractivity contribution is 7.10. The van der Waals surface area contributed by atoms with Crippen molar-refractivity contribution in [3.63, 3.8) is 0 Å². The first-order chi connectivity index (χ1) is 8.92. The zero-order valence-electron chi connectivity index (χ0n) is 11.1. The maximum absolute atomic E-state index is 10.9. The number of anilines is 1. The van der Waals surface area contributed by atoms with Crippen molar-refractivity contribution in [2.75, 3.05) is 11.9 Å². The van der Waals surface area contributed by atoms with Crippen LogP contribution in [0.25, 0.3) is 0 Å². The molecule has 0 bridgehead atoms. The van der Waals surface area contributed by atoms with Gasteiger partial charge in [0.05, 0.1) is 0 Å². The van der Waals surface area contributed by atoms with Gasteiger partial charge in [-0.05, 0) is 21.4 Å². The summed E-state index contributed by atoms with van der Waals surface area (Å²) >= 11 is 1.69. The first-order valence-corrected chi connectivity index (χ1v) is 6.73. The summed E-state index contributed by atoms with van der Waals surface area (Å²) in [5.74, 6) is 0.305. The van der Waals surface area contributed by atoms with Gasteiger partial charge in [-0.3, -0.25) is 4.57 Å². The van der Waals surface area contributed by atoms with Crippen LogP contribution in [0.15, 0.2) is 23.8 Å². The standard InChI is InChI=1S/C12H16N4O2S/c1-12(2,9-5-4-6-19-9)7-13-10-11(16(17)18)14-8-15(10)3/h4-6,8,13H,7H2,1-3H3. The second kappa shape index (κ2) is 5.00. The molecule has 0 saturated heterocycles. The van der Waals surface area contributed by atoms with Gasteiger partial charge >= 0.3 is 5.82 Å². The Morgan fingerprint density at radius 3 is 2.89 bits per heavy atom. The van der Waals surface area contributed by atoms with E-state index in [0.29, 0.717) is 12.4 Å². The number of hydrogen-bond acceptors (Lipinski definition) is 5. The van der Waals surface area contributed by atoms with Crippen molar-refractivity contribution >= 4 is 23.0 Å². The molecule has 2 aromatic rings. The Morgan fingerprint density at radius 1 is 1.58 bits per heavy atom. The maximum atomic E-state index is 10.9. The Kier molecular flexibility index (Phi) is 3.57. The molecule has 0 radical (unpaired) electrons. The van der Waals surface area contributed by atoms with Crippen molar-refractivity contribution in [2.24, 2.45) is 7.05 Å². The summed E-state index contributed by atoms with van der Waals surface area (Å²) < 4.78 is 1.63. The van der Waals surface area contributed by atoms with Crippen molar-refractivity contribution in [1.82, 2.24) is 9.55 Å². The van der Waals surface area contributed by atoms with Crippen molar-refractivity contribution in [2.45, 2.75) is 19.3 Å². The van der Waals surface area contributed by atoms with Gasteiger partial charge in [0.1, 0.15) is 0 Å². The first kappa shape index (κ1) is 13.5. The van der Waals surface area contributed by atoms with Gasteiger partial charge < -0.3 is 15.4 Å². The lowest BCUT2D eigenvalue weighted by Crippen LogP contribution is -2.27. The molecule has 0 aliphatic heterocycles. The predicted octanol–water partition coefficient (Wildman–Crippen LogP) is 2.78. The van der Waals surface area contributed by atoms with E-state index in [4.69, 9.17) is 0 Å². The van der Waals surface area contributed by atoms with E-state index in [1.807, 2.05) is 11.4 Å². The molecule has 0 aliphatic carbocycles. The molecule has 102 valence electrons. The summed E-state index contributed by atoms with van der Waals surface area (Å²) in [4.78, 5) is 15.4. The van der Waals surface area contributed by atoms with Gasteiger partial charge in [-0.1, -0.05) is 19.9 Å². The minimum atomic E-state index is -0.472. The zero-order valence-corrected chi connectivity index (χ0v) is 11.9. The fraction of sp³-hybridized carbons (Fsp3) is 0.417. The van der Waals surface area contributed by atoms with Crippen molar-refractivity contribution in [3.8, 4) is 0 Å². The molecular formula is C12H16N4O2S.